The molecule has 2 aliphatic heterocycles. The van der Waals surface area contributed by atoms with E-state index in [1.54, 1.807) is 12.1 Å². The van der Waals surface area contributed by atoms with E-state index in [4.69, 9.17) is 4.74 Å². The van der Waals surface area contributed by atoms with Gasteiger partial charge in [-0.2, -0.15) is 0 Å². The molecule has 1 saturated carbocycles. The van der Waals surface area contributed by atoms with E-state index in [1.165, 1.54) is 19.8 Å². The Morgan fingerprint density at radius 1 is 0.823 bits per heavy atom. The number of para-hydroxylation sites is 1. The molecule has 4 atom stereocenters. The normalized spacial score (nSPS) is 22.6. The lowest BCUT2D eigenvalue weighted by Crippen LogP contribution is -2.74. The average molecular weight is 856 g/mol. The molecule has 8 rings (SSSR count). The Labute approximate surface area is 356 Å². The Kier molecular flexibility index (Phi) is 11.8. The smallest absolute Gasteiger partial charge is 0.243 e. The monoisotopic (exact) mass is 855 g/mol. The topological polar surface area (TPSA) is 272 Å². The van der Waals surface area contributed by atoms with E-state index < -0.39 is 65.7 Å². The van der Waals surface area contributed by atoms with Crippen molar-refractivity contribution in [1.82, 2.24) is 41.8 Å². The molecule has 3 heterocycles. The molecular formula is C43H53N9O10. The Hall–Kier alpha value is -6.21. The summed E-state index contributed by atoms with van der Waals surface area (Å²) < 4.78 is 6.69. The third-order valence-corrected chi connectivity index (χ3v) is 12.9. The molecule has 3 aliphatic carbocycles. The van der Waals surface area contributed by atoms with Crippen molar-refractivity contribution in [1.29, 1.82) is 0 Å². The van der Waals surface area contributed by atoms with Crippen LogP contribution in [0.4, 0.5) is 5.69 Å². The number of aliphatic hydroxyl groups is 1. The van der Waals surface area contributed by atoms with Crippen molar-refractivity contribution in [3.8, 4) is 11.5 Å². The number of phenols is 1. The van der Waals surface area contributed by atoms with Gasteiger partial charge in [0.15, 0.2) is 17.6 Å². The molecule has 1 saturated heterocycles. The van der Waals surface area contributed by atoms with Crippen molar-refractivity contribution < 1.29 is 48.5 Å². The van der Waals surface area contributed by atoms with Gasteiger partial charge in [-0.25, -0.2) is 0 Å². The number of H-pyrrole nitrogens is 1. The molecule has 2 aromatic carbocycles. The van der Waals surface area contributed by atoms with Crippen LogP contribution in [0.2, 0.25) is 0 Å². The number of aromatic amines is 1. The number of hydrogen-bond donors (Lipinski definition) is 10. The van der Waals surface area contributed by atoms with Crippen LogP contribution in [-0.4, -0.2) is 125 Å². The van der Waals surface area contributed by atoms with Gasteiger partial charge in [0.25, 0.3) is 0 Å². The van der Waals surface area contributed by atoms with E-state index >= 15 is 0 Å². The van der Waals surface area contributed by atoms with E-state index in [-0.39, 0.29) is 43.6 Å². The fourth-order valence-electron chi connectivity index (χ4n) is 9.83. The number of nitrogens with one attached hydrogen (secondary N) is 8. The molecular weight excluding hydrogens is 803 g/mol. The Bertz CT molecular complexity index is 2330. The van der Waals surface area contributed by atoms with Crippen molar-refractivity contribution in [3.63, 3.8) is 0 Å². The molecule has 3 aromatic rings. The van der Waals surface area contributed by atoms with Crippen molar-refractivity contribution in [2.45, 2.75) is 81.5 Å². The number of hydrogen-bond acceptors (Lipinski definition) is 11. The number of aromatic nitrogens is 1. The van der Waals surface area contributed by atoms with Crippen LogP contribution in [0.25, 0.3) is 10.9 Å². The van der Waals surface area contributed by atoms with E-state index in [2.05, 4.69) is 47.1 Å². The van der Waals surface area contributed by atoms with E-state index in [0.717, 1.165) is 40.9 Å². The number of carbonyl (C=O) groups is 7. The molecule has 1 spiro atoms. The first-order valence-corrected chi connectivity index (χ1v) is 21.3. The number of anilines is 1. The summed E-state index contributed by atoms with van der Waals surface area (Å²) in [6.45, 7) is 2.36. The van der Waals surface area contributed by atoms with E-state index in [0.29, 0.717) is 61.6 Å². The molecule has 2 bridgehead atoms. The van der Waals surface area contributed by atoms with Crippen molar-refractivity contribution >= 4 is 57.9 Å². The van der Waals surface area contributed by atoms with Gasteiger partial charge in [-0.15, -0.1) is 0 Å². The van der Waals surface area contributed by atoms with Crippen molar-refractivity contribution in [2.75, 3.05) is 57.7 Å². The number of likely N-dealkylation sites (tertiary alicyclic amines) is 1. The second-order valence-corrected chi connectivity index (χ2v) is 17.0. The van der Waals surface area contributed by atoms with Crippen molar-refractivity contribution in [3.05, 3.63) is 52.7 Å². The van der Waals surface area contributed by atoms with Gasteiger partial charge in [0.1, 0.15) is 0 Å². The number of piperidine rings is 1. The summed E-state index contributed by atoms with van der Waals surface area (Å²) in [6, 6.07) is 9.05. The second kappa shape index (κ2) is 17.3. The first-order valence-electron chi connectivity index (χ1n) is 21.3. The van der Waals surface area contributed by atoms with Gasteiger partial charge in [0, 0.05) is 62.8 Å². The molecule has 330 valence electrons. The lowest BCUT2D eigenvalue weighted by Gasteiger charge is -2.62. The molecule has 10 N–H and O–H groups in total. The fraction of sp³-hybridized carbons (Fsp3) is 0.512. The molecule has 19 nitrogen and oxygen atoms in total. The van der Waals surface area contributed by atoms with Crippen LogP contribution in [0.15, 0.2) is 30.3 Å². The molecule has 19 heteroatoms. The quantitative estimate of drug-likeness (QED) is 0.0722. The van der Waals surface area contributed by atoms with Gasteiger partial charge in [-0.3, -0.25) is 38.5 Å². The second-order valence-electron chi connectivity index (χ2n) is 17.0. The summed E-state index contributed by atoms with van der Waals surface area (Å²) in [5.74, 6) is -2.38. The minimum atomic E-state index is -1.16. The number of carbonyl (C=O) groups excluding carboxylic acids is 7. The highest BCUT2D eigenvalue weighted by molar-refractivity contribution is 6.04. The van der Waals surface area contributed by atoms with Crippen molar-refractivity contribution in [2.24, 2.45) is 5.92 Å². The Morgan fingerprint density at radius 3 is 2.15 bits per heavy atom. The van der Waals surface area contributed by atoms with Gasteiger partial charge in [0.2, 0.25) is 41.4 Å². The Balaban J connectivity index is 0.806. The van der Waals surface area contributed by atoms with Gasteiger partial charge in [-0.1, -0.05) is 18.2 Å². The lowest BCUT2D eigenvalue weighted by molar-refractivity contribution is -0.173. The molecule has 2 fully saturated rings. The van der Waals surface area contributed by atoms with Crippen LogP contribution >= 0.6 is 0 Å². The SMILES string of the molecule is CC(=O)NCCCNC(=O)CNC(=O)CNC(=O)CCC(=O)NCC(=O)NCC(=O)Nc1cccc2c3c([nH]c12)[C@@H]1Oc2c(O)ccc4c2[C@@]12CCN(CC1CC1)[C@@H](C4)[C@]2(O)C3. The maximum atomic E-state index is 13.2. The third-order valence-electron chi connectivity index (χ3n) is 12.9. The summed E-state index contributed by atoms with van der Waals surface area (Å²) in [4.78, 5) is 90.8. The minimum Gasteiger partial charge on any atom is -0.504 e. The zero-order valence-electron chi connectivity index (χ0n) is 34.5. The zero-order chi connectivity index (χ0) is 43.8. The first kappa shape index (κ1) is 42.5. The predicted octanol–water partition coefficient (Wildman–Crippen LogP) is -0.601. The number of ether oxygens (including phenoxy) is 1. The molecule has 7 amide bonds. The maximum absolute atomic E-state index is 13.2. The van der Waals surface area contributed by atoms with Gasteiger partial charge in [-0.05, 0) is 67.8 Å². The minimum absolute atomic E-state index is 0.0534. The molecule has 0 radical (unpaired) electrons. The number of phenolic OH excluding ortho intramolecular Hbond substituents is 1. The fourth-order valence-corrected chi connectivity index (χ4v) is 9.83. The maximum Gasteiger partial charge on any atom is 0.243 e. The number of amides is 7. The summed E-state index contributed by atoms with van der Waals surface area (Å²) in [5.41, 5.74) is 2.92. The number of aromatic hydroxyl groups is 1. The van der Waals surface area contributed by atoms with Crippen LogP contribution in [0.3, 0.4) is 0 Å². The average Bonchev–Trinajstić information content (AvgIpc) is 3.88. The zero-order valence-corrected chi connectivity index (χ0v) is 34.5. The van der Waals surface area contributed by atoms with Gasteiger partial charge >= 0.3 is 0 Å². The highest BCUT2D eigenvalue weighted by atomic mass is 16.5. The number of nitrogens with zero attached hydrogens (tertiary/aromatic N) is 1. The van der Waals surface area contributed by atoms with Crippen LogP contribution in [0.5, 0.6) is 11.5 Å². The van der Waals surface area contributed by atoms with E-state index in [9.17, 15) is 43.8 Å². The number of benzene rings is 2. The molecule has 5 aliphatic rings. The first-order chi connectivity index (χ1) is 29.8. The standard InChI is InChI=1S/C43H53N9O10/c1-23(53)44-13-3-14-45-33(57)18-48-34(58)19-46-31(55)10-11-32(56)47-20-35(59)49-21-36(60)50-28-5-2-4-26-27-17-43(61)30-16-25-8-9-29(54)40-37(25)42(43,12-15-52(30)22-24-6-7-24)41(62-40)39(27)51-38(26)28/h2,4-5,8-9,24,30,41,51,54,61H,3,6-7,10-22H2,1H3,(H,44,53)(H,45,57)(H,46,55)(H,47,56)(H,48,58)(H,49,59)(H,50,60)/t30-,41-,42-,43+/m0/s1. The summed E-state index contributed by atoms with van der Waals surface area (Å²) in [5, 5.41) is 42.6. The molecule has 1 aromatic heterocycles. The number of rotatable bonds is 18. The third kappa shape index (κ3) is 8.25. The number of fused-ring (bicyclic) bond motifs is 4. The van der Waals surface area contributed by atoms with Gasteiger partial charge in [0.05, 0.1) is 54.1 Å². The lowest BCUT2D eigenvalue weighted by atomic mass is 9.49. The molecule has 62 heavy (non-hydrogen) atoms. The van der Waals surface area contributed by atoms with Crippen LogP contribution in [0, 0.1) is 5.92 Å². The largest absolute Gasteiger partial charge is 0.504 e. The van der Waals surface area contributed by atoms with Crippen LogP contribution < -0.4 is 42.0 Å². The van der Waals surface area contributed by atoms with Gasteiger partial charge < -0.3 is 57.2 Å². The van der Waals surface area contributed by atoms with E-state index in [1.807, 2.05) is 18.2 Å². The predicted molar refractivity (Wildman–Crippen MR) is 223 cm³/mol. The summed E-state index contributed by atoms with van der Waals surface area (Å²) in [6.07, 6.45) is 3.55. The van der Waals surface area contributed by atoms with Crippen LogP contribution in [-0.2, 0) is 51.8 Å². The van der Waals surface area contributed by atoms with Crippen LogP contribution in [0.1, 0.15) is 73.9 Å². The summed E-state index contributed by atoms with van der Waals surface area (Å²) >= 11 is 0. The molecule has 0 unspecified atom stereocenters. The highest BCUT2D eigenvalue weighted by Crippen LogP contribution is 2.69. The summed E-state index contributed by atoms with van der Waals surface area (Å²) in [7, 11) is 0. The Morgan fingerprint density at radius 2 is 1.47 bits per heavy atom. The highest BCUT2D eigenvalue weighted by Gasteiger charge is 2.73.